The second kappa shape index (κ2) is 7.74. The molecule has 1 aliphatic heterocycles. The first kappa shape index (κ1) is 20.4. The maximum Gasteiger partial charge on any atom is 0.270 e. The third kappa shape index (κ3) is 3.91. The van der Waals surface area contributed by atoms with Crippen molar-refractivity contribution >= 4 is 17.5 Å². The van der Waals surface area contributed by atoms with Gasteiger partial charge >= 0.3 is 0 Å². The third-order valence-electron chi connectivity index (χ3n) is 6.08. The van der Waals surface area contributed by atoms with Crippen molar-refractivity contribution in [3.63, 3.8) is 0 Å². The summed E-state index contributed by atoms with van der Waals surface area (Å²) in [7, 11) is 0. The van der Waals surface area contributed by atoms with E-state index >= 15 is 0 Å². The van der Waals surface area contributed by atoms with Gasteiger partial charge in [-0.1, -0.05) is 6.92 Å². The van der Waals surface area contributed by atoms with Gasteiger partial charge in [0.2, 0.25) is 5.91 Å². The Bertz CT molecular complexity index is 979. The Morgan fingerprint density at radius 3 is 2.67 bits per heavy atom. The van der Waals surface area contributed by atoms with E-state index in [1.165, 1.54) is 17.0 Å². The number of aryl methyl sites for hydroxylation is 1. The Kier molecular flexibility index (Phi) is 5.26. The van der Waals surface area contributed by atoms with Gasteiger partial charge in [0.15, 0.2) is 0 Å². The molecule has 0 bridgehead atoms. The summed E-state index contributed by atoms with van der Waals surface area (Å²) >= 11 is 0. The van der Waals surface area contributed by atoms with Crippen LogP contribution in [0.4, 0.5) is 14.5 Å². The van der Waals surface area contributed by atoms with Crippen LogP contribution in [0, 0.1) is 29.9 Å². The minimum absolute atomic E-state index is 0.129. The highest BCUT2D eigenvalue weighted by molar-refractivity contribution is 6.00. The first-order valence-corrected chi connectivity index (χ1v) is 10.1. The average molecular weight is 414 g/mol. The van der Waals surface area contributed by atoms with Gasteiger partial charge in [0, 0.05) is 30.5 Å². The molecule has 1 aromatic heterocycles. The third-order valence-corrected chi connectivity index (χ3v) is 6.08. The number of carbonyl (C=O) groups excluding carboxylic acids is 2. The molecule has 0 radical (unpaired) electrons. The van der Waals surface area contributed by atoms with E-state index in [1.54, 1.807) is 19.2 Å². The fraction of sp³-hybridized carbons (Fsp3) is 0.455. The van der Waals surface area contributed by atoms with Gasteiger partial charge in [-0.3, -0.25) is 9.59 Å². The Morgan fingerprint density at radius 1 is 1.23 bits per heavy atom. The summed E-state index contributed by atoms with van der Waals surface area (Å²) in [5.41, 5.74) is -0.103. The van der Waals surface area contributed by atoms with Crippen molar-refractivity contribution in [3.05, 3.63) is 53.6 Å². The van der Waals surface area contributed by atoms with Gasteiger partial charge in [-0.05, 0) is 56.7 Å². The van der Waals surface area contributed by atoms with E-state index in [0.29, 0.717) is 37.3 Å². The predicted molar refractivity (Wildman–Crippen MR) is 107 cm³/mol. The molecule has 30 heavy (non-hydrogen) atoms. The molecule has 1 saturated carbocycles. The Labute approximate surface area is 173 Å². The van der Waals surface area contributed by atoms with E-state index in [1.807, 2.05) is 0 Å². The molecular formula is C22H24F2N4O2. The highest BCUT2D eigenvalue weighted by atomic mass is 19.1. The largest absolute Gasteiger partial charge is 0.348 e. The van der Waals surface area contributed by atoms with Crippen molar-refractivity contribution < 1.29 is 18.4 Å². The minimum Gasteiger partial charge on any atom is -0.348 e. The van der Waals surface area contributed by atoms with Crippen molar-refractivity contribution in [2.75, 3.05) is 11.4 Å². The number of rotatable bonds is 3. The minimum atomic E-state index is -0.707. The monoisotopic (exact) mass is 414 g/mol. The second-order valence-corrected chi connectivity index (χ2v) is 8.52. The zero-order valence-electron chi connectivity index (χ0n) is 17.0. The van der Waals surface area contributed by atoms with Crippen molar-refractivity contribution in [2.24, 2.45) is 11.3 Å². The number of benzene rings is 1. The van der Waals surface area contributed by atoms with Gasteiger partial charge in [0.1, 0.15) is 23.2 Å². The molecular weight excluding hydrogens is 390 g/mol. The summed E-state index contributed by atoms with van der Waals surface area (Å²) in [6.45, 7) is 4.18. The molecule has 2 heterocycles. The number of aromatic nitrogens is 2. The Hall–Kier alpha value is -2.90. The average Bonchev–Trinajstić information content (AvgIpc) is 2.96. The van der Waals surface area contributed by atoms with Crippen LogP contribution in [0.2, 0.25) is 0 Å². The summed E-state index contributed by atoms with van der Waals surface area (Å²) in [5.74, 6) is -1.09. The van der Waals surface area contributed by atoms with E-state index < -0.39 is 17.0 Å². The molecule has 3 atom stereocenters. The number of halogens is 2. The van der Waals surface area contributed by atoms with E-state index in [4.69, 9.17) is 0 Å². The molecule has 2 aromatic rings. The lowest BCUT2D eigenvalue weighted by Gasteiger charge is -2.40. The van der Waals surface area contributed by atoms with Gasteiger partial charge in [-0.15, -0.1) is 0 Å². The molecule has 0 unspecified atom stereocenters. The van der Waals surface area contributed by atoms with Crippen molar-refractivity contribution in [3.8, 4) is 0 Å². The molecule has 2 fully saturated rings. The number of hydrogen-bond acceptors (Lipinski definition) is 4. The van der Waals surface area contributed by atoms with Crippen LogP contribution in [0.15, 0.2) is 30.5 Å². The fourth-order valence-corrected chi connectivity index (χ4v) is 4.97. The SMILES string of the molecule is Cc1nccc(C(=O)N[C@@H]2C[C@H](C)C[C@@]3(CCN(c4cc(F)cc(F)c4)C3=O)C2)n1. The number of nitrogens with zero attached hydrogens (tertiary/aromatic N) is 3. The maximum atomic E-state index is 13.7. The quantitative estimate of drug-likeness (QED) is 0.835. The first-order valence-electron chi connectivity index (χ1n) is 10.1. The van der Waals surface area contributed by atoms with Crippen molar-refractivity contribution in [1.82, 2.24) is 15.3 Å². The summed E-state index contributed by atoms with van der Waals surface area (Å²) in [6, 6.07) is 4.55. The van der Waals surface area contributed by atoms with Crippen LogP contribution < -0.4 is 10.2 Å². The molecule has 2 aliphatic rings. The van der Waals surface area contributed by atoms with Gasteiger partial charge in [-0.25, -0.2) is 18.7 Å². The molecule has 158 valence electrons. The summed E-state index contributed by atoms with van der Waals surface area (Å²) in [4.78, 5) is 35.6. The molecule has 8 heteroatoms. The lowest BCUT2D eigenvalue weighted by Crippen LogP contribution is -2.48. The first-order chi connectivity index (χ1) is 14.3. The van der Waals surface area contributed by atoms with Gasteiger partial charge in [0.05, 0.1) is 5.41 Å². The summed E-state index contributed by atoms with van der Waals surface area (Å²) in [5, 5.41) is 3.02. The Morgan fingerprint density at radius 2 is 1.97 bits per heavy atom. The standard InChI is InChI=1S/C22H24F2N4O2/c1-13-7-17(27-20(29)19-3-5-25-14(2)26-19)12-22(11-13)4-6-28(21(22)30)18-9-15(23)8-16(24)10-18/h3,5,8-10,13,17H,4,6-7,11-12H2,1-2H3,(H,27,29)/t13-,17+,22-/m0/s1. The molecule has 4 rings (SSSR count). The number of carbonyl (C=O) groups is 2. The molecule has 6 nitrogen and oxygen atoms in total. The van der Waals surface area contributed by atoms with Crippen LogP contribution >= 0.6 is 0 Å². The van der Waals surface area contributed by atoms with Crippen molar-refractivity contribution in [1.29, 1.82) is 0 Å². The van der Waals surface area contributed by atoms with E-state index in [-0.39, 0.29) is 29.5 Å². The Balaban J connectivity index is 1.52. The topological polar surface area (TPSA) is 75.2 Å². The van der Waals surface area contributed by atoms with Crippen molar-refractivity contribution in [2.45, 2.75) is 45.6 Å². The number of amides is 2. The van der Waals surface area contributed by atoms with E-state index in [0.717, 1.165) is 12.5 Å². The van der Waals surface area contributed by atoms with Crippen LogP contribution in [0.3, 0.4) is 0 Å². The van der Waals surface area contributed by atoms with Gasteiger partial charge in [-0.2, -0.15) is 0 Å². The van der Waals surface area contributed by atoms with E-state index in [2.05, 4.69) is 22.2 Å². The van der Waals surface area contributed by atoms with Gasteiger partial charge in [0.25, 0.3) is 5.91 Å². The van der Waals surface area contributed by atoms with Crippen LogP contribution in [0.5, 0.6) is 0 Å². The lowest BCUT2D eigenvalue weighted by atomic mass is 9.67. The molecule has 1 spiro atoms. The highest BCUT2D eigenvalue weighted by Gasteiger charge is 2.51. The number of anilines is 1. The van der Waals surface area contributed by atoms with Gasteiger partial charge < -0.3 is 10.2 Å². The zero-order chi connectivity index (χ0) is 21.5. The van der Waals surface area contributed by atoms with Crippen LogP contribution in [0.1, 0.15) is 48.9 Å². The number of nitrogens with one attached hydrogen (secondary N) is 1. The highest BCUT2D eigenvalue weighted by Crippen LogP contribution is 2.48. The molecule has 1 saturated heterocycles. The second-order valence-electron chi connectivity index (χ2n) is 8.52. The molecule has 1 N–H and O–H groups in total. The maximum absolute atomic E-state index is 13.7. The predicted octanol–water partition coefficient (Wildman–Crippen LogP) is 3.40. The van der Waals surface area contributed by atoms with Crippen LogP contribution in [0.25, 0.3) is 0 Å². The fourth-order valence-electron chi connectivity index (χ4n) is 4.97. The molecule has 1 aliphatic carbocycles. The molecule has 1 aromatic carbocycles. The summed E-state index contributed by atoms with van der Waals surface area (Å²) < 4.78 is 27.3. The smallest absolute Gasteiger partial charge is 0.270 e. The normalized spacial score (nSPS) is 26.3. The zero-order valence-corrected chi connectivity index (χ0v) is 17.0. The number of hydrogen-bond donors (Lipinski definition) is 1. The van der Waals surface area contributed by atoms with E-state index in [9.17, 15) is 18.4 Å². The summed E-state index contributed by atoms with van der Waals surface area (Å²) in [6.07, 6.45) is 4.09. The lowest BCUT2D eigenvalue weighted by molar-refractivity contribution is -0.128. The molecule has 2 amide bonds. The van der Waals surface area contributed by atoms with Crippen LogP contribution in [-0.4, -0.2) is 34.4 Å². The van der Waals surface area contributed by atoms with Crippen LogP contribution in [-0.2, 0) is 4.79 Å².